The van der Waals surface area contributed by atoms with Crippen molar-refractivity contribution in [3.8, 4) is 5.75 Å². The van der Waals surface area contributed by atoms with Gasteiger partial charge in [-0.1, -0.05) is 25.0 Å². The lowest BCUT2D eigenvalue weighted by molar-refractivity contribution is -0.125. The van der Waals surface area contributed by atoms with E-state index < -0.39 is 0 Å². The molecule has 1 aromatic heterocycles. The summed E-state index contributed by atoms with van der Waals surface area (Å²) in [6.07, 6.45) is 11.0. The van der Waals surface area contributed by atoms with Crippen molar-refractivity contribution in [3.63, 3.8) is 0 Å². The highest BCUT2D eigenvalue weighted by atomic mass is 16.5. The lowest BCUT2D eigenvalue weighted by Crippen LogP contribution is -2.59. The van der Waals surface area contributed by atoms with Gasteiger partial charge in [0, 0.05) is 36.8 Å². The summed E-state index contributed by atoms with van der Waals surface area (Å²) in [5.41, 5.74) is 1.33. The highest BCUT2D eigenvalue weighted by molar-refractivity contribution is 5.77. The van der Waals surface area contributed by atoms with Gasteiger partial charge in [-0.25, -0.2) is 4.98 Å². The third-order valence-corrected chi connectivity index (χ3v) is 6.53. The summed E-state index contributed by atoms with van der Waals surface area (Å²) < 4.78 is 7.29. The van der Waals surface area contributed by atoms with Crippen molar-refractivity contribution in [3.05, 3.63) is 48.5 Å². The van der Waals surface area contributed by atoms with E-state index in [-0.39, 0.29) is 18.0 Å². The predicted octanol–water partition coefficient (Wildman–Crippen LogP) is 3.93. The van der Waals surface area contributed by atoms with Gasteiger partial charge in [-0.2, -0.15) is 0 Å². The fourth-order valence-corrected chi connectivity index (χ4v) is 5.09. The second kappa shape index (κ2) is 7.75. The Balaban J connectivity index is 1.45. The Hall–Kier alpha value is -2.30. The fraction of sp³-hybridized carbons (Fsp3) is 0.545. The summed E-state index contributed by atoms with van der Waals surface area (Å²) in [6.45, 7) is 2.06. The van der Waals surface area contributed by atoms with Crippen molar-refractivity contribution >= 4 is 5.91 Å². The first-order valence-corrected chi connectivity index (χ1v) is 10.1. The molecule has 144 valence electrons. The van der Waals surface area contributed by atoms with Crippen LogP contribution in [0, 0.1) is 11.8 Å². The first-order chi connectivity index (χ1) is 13.2. The largest absolute Gasteiger partial charge is 0.497 e. The number of carbonyl (C=O) groups is 1. The smallest absolute Gasteiger partial charge is 0.222 e. The molecule has 2 fully saturated rings. The van der Waals surface area contributed by atoms with Gasteiger partial charge in [0.1, 0.15) is 5.75 Å². The molecule has 0 aliphatic heterocycles. The van der Waals surface area contributed by atoms with Crippen LogP contribution in [0.25, 0.3) is 0 Å². The molecule has 0 bridgehead atoms. The molecule has 4 rings (SSSR count). The highest BCUT2D eigenvalue weighted by Gasteiger charge is 2.51. The summed E-state index contributed by atoms with van der Waals surface area (Å²) in [5.74, 6) is 2.77. The molecule has 1 aromatic carbocycles. The zero-order chi connectivity index (χ0) is 18.8. The lowest BCUT2D eigenvalue weighted by Gasteiger charge is -2.55. The topological polar surface area (TPSA) is 56.1 Å². The summed E-state index contributed by atoms with van der Waals surface area (Å²) in [5, 5.41) is 3.38. The van der Waals surface area contributed by atoms with Crippen LogP contribution in [0.4, 0.5) is 0 Å². The SMILES string of the molecule is COc1ccc([C@H]2[C@@H]3CCCC[C@H]3[C@@H]2NC(=O)C[C@@H](C)n2ccnc2)cc1. The number of fused-ring (bicyclic) bond motifs is 1. The van der Waals surface area contributed by atoms with Crippen LogP contribution >= 0.6 is 0 Å². The number of hydrogen-bond acceptors (Lipinski definition) is 3. The van der Waals surface area contributed by atoms with Crippen LogP contribution in [0.5, 0.6) is 5.75 Å². The van der Waals surface area contributed by atoms with Crippen molar-refractivity contribution in [2.75, 3.05) is 7.11 Å². The Morgan fingerprint density at radius 1 is 1.26 bits per heavy atom. The third kappa shape index (κ3) is 3.60. The van der Waals surface area contributed by atoms with Gasteiger partial charge in [0.25, 0.3) is 0 Å². The number of rotatable bonds is 6. The zero-order valence-corrected chi connectivity index (χ0v) is 16.2. The van der Waals surface area contributed by atoms with Crippen molar-refractivity contribution in [2.45, 2.75) is 57.0 Å². The minimum Gasteiger partial charge on any atom is -0.497 e. The van der Waals surface area contributed by atoms with Crippen LogP contribution < -0.4 is 10.1 Å². The highest BCUT2D eigenvalue weighted by Crippen LogP contribution is 2.54. The monoisotopic (exact) mass is 367 g/mol. The second-order valence-corrected chi connectivity index (χ2v) is 8.07. The fourth-order valence-electron chi connectivity index (χ4n) is 5.09. The summed E-state index contributed by atoms with van der Waals surface area (Å²) in [6, 6.07) is 8.78. The Kier molecular flexibility index (Phi) is 5.19. The van der Waals surface area contributed by atoms with Crippen LogP contribution in [0.3, 0.4) is 0 Å². The molecular weight excluding hydrogens is 338 g/mol. The maximum absolute atomic E-state index is 12.7. The number of aromatic nitrogens is 2. The Bertz CT molecular complexity index is 756. The Labute approximate surface area is 161 Å². The van der Waals surface area contributed by atoms with E-state index in [4.69, 9.17) is 4.74 Å². The van der Waals surface area contributed by atoms with E-state index in [1.807, 2.05) is 22.9 Å². The quantitative estimate of drug-likeness (QED) is 0.842. The van der Waals surface area contributed by atoms with Gasteiger partial charge in [0.15, 0.2) is 0 Å². The van der Waals surface area contributed by atoms with Crippen LogP contribution in [-0.2, 0) is 4.79 Å². The first kappa shape index (κ1) is 18.1. The van der Waals surface area contributed by atoms with E-state index in [9.17, 15) is 4.79 Å². The van der Waals surface area contributed by atoms with E-state index in [2.05, 4.69) is 29.4 Å². The number of nitrogens with zero attached hydrogens (tertiary/aromatic N) is 2. The number of benzene rings is 1. The van der Waals surface area contributed by atoms with E-state index in [1.165, 1.54) is 31.2 Å². The molecule has 5 nitrogen and oxygen atoms in total. The molecule has 2 aliphatic carbocycles. The van der Waals surface area contributed by atoms with Gasteiger partial charge >= 0.3 is 0 Å². The molecule has 5 atom stereocenters. The number of carbonyl (C=O) groups excluding carboxylic acids is 1. The van der Waals surface area contributed by atoms with Crippen LogP contribution in [0.1, 0.15) is 56.6 Å². The van der Waals surface area contributed by atoms with E-state index >= 15 is 0 Å². The predicted molar refractivity (Wildman–Crippen MR) is 105 cm³/mol. The van der Waals surface area contributed by atoms with Crippen molar-refractivity contribution < 1.29 is 9.53 Å². The van der Waals surface area contributed by atoms with Crippen molar-refractivity contribution in [2.24, 2.45) is 11.8 Å². The van der Waals surface area contributed by atoms with Gasteiger partial charge < -0.3 is 14.6 Å². The molecule has 1 heterocycles. The number of imidazole rings is 1. The van der Waals surface area contributed by atoms with Gasteiger partial charge in [-0.15, -0.1) is 0 Å². The van der Waals surface area contributed by atoms with Crippen molar-refractivity contribution in [1.82, 2.24) is 14.9 Å². The Morgan fingerprint density at radius 3 is 2.67 bits per heavy atom. The second-order valence-electron chi connectivity index (χ2n) is 8.07. The number of ether oxygens (including phenoxy) is 1. The number of hydrogen-bond donors (Lipinski definition) is 1. The molecule has 0 unspecified atom stereocenters. The molecule has 2 saturated carbocycles. The minimum absolute atomic E-state index is 0.120. The molecule has 0 spiro atoms. The standard InChI is InChI=1S/C22H29N3O2/c1-15(25-12-11-23-14-25)13-20(26)24-22-19-6-4-3-5-18(19)21(22)16-7-9-17(27-2)10-8-16/h7-12,14-15,18-19,21-22H,3-6,13H2,1-2H3,(H,24,26)/t15-,18-,19-,21+,22+/m1/s1. The van der Waals surface area contributed by atoms with E-state index in [1.54, 1.807) is 19.6 Å². The summed E-state index contributed by atoms with van der Waals surface area (Å²) >= 11 is 0. The maximum atomic E-state index is 12.7. The summed E-state index contributed by atoms with van der Waals surface area (Å²) in [7, 11) is 1.69. The minimum atomic E-state index is 0.120. The first-order valence-electron chi connectivity index (χ1n) is 10.1. The normalized spacial score (nSPS) is 27.9. The molecule has 1 N–H and O–H groups in total. The number of amides is 1. The molecule has 0 saturated heterocycles. The van der Waals surface area contributed by atoms with Gasteiger partial charge in [-0.3, -0.25) is 4.79 Å². The van der Waals surface area contributed by atoms with Crippen LogP contribution in [0.15, 0.2) is 43.0 Å². The average Bonchev–Trinajstić information content (AvgIpc) is 3.22. The van der Waals surface area contributed by atoms with Gasteiger partial charge in [0.2, 0.25) is 5.91 Å². The number of nitrogens with one attached hydrogen (secondary N) is 1. The zero-order valence-electron chi connectivity index (χ0n) is 16.2. The lowest BCUT2D eigenvalue weighted by atomic mass is 9.53. The Morgan fingerprint density at radius 2 is 2.00 bits per heavy atom. The summed E-state index contributed by atoms with van der Waals surface area (Å²) in [4.78, 5) is 16.8. The van der Waals surface area contributed by atoms with Crippen LogP contribution in [-0.4, -0.2) is 28.6 Å². The van der Waals surface area contributed by atoms with Crippen molar-refractivity contribution in [1.29, 1.82) is 0 Å². The van der Waals surface area contributed by atoms with E-state index in [0.29, 0.717) is 24.2 Å². The average molecular weight is 367 g/mol. The third-order valence-electron chi connectivity index (χ3n) is 6.53. The molecule has 27 heavy (non-hydrogen) atoms. The maximum Gasteiger partial charge on any atom is 0.222 e. The van der Waals surface area contributed by atoms with E-state index in [0.717, 1.165) is 5.75 Å². The molecule has 2 aromatic rings. The van der Waals surface area contributed by atoms with Crippen LogP contribution in [0.2, 0.25) is 0 Å². The number of methoxy groups -OCH3 is 1. The molecular formula is C22H29N3O2. The van der Waals surface area contributed by atoms with Gasteiger partial charge in [0.05, 0.1) is 13.4 Å². The molecule has 2 aliphatic rings. The molecule has 5 heteroatoms. The van der Waals surface area contributed by atoms with Gasteiger partial charge in [-0.05, 0) is 49.3 Å². The molecule has 1 amide bonds. The molecule has 0 radical (unpaired) electrons.